The van der Waals surface area contributed by atoms with Crippen LogP contribution < -0.4 is 11.3 Å². The standard InChI is InChI=1S/C17H18BrFN2/c18-16-9-8-12(19)10-15(16)17(21-20)14-7-2-1-6-13(14)11-4-3-5-11/h1-2,6-11,17,21H,3-5,20H2. The number of halogens is 2. The van der Waals surface area contributed by atoms with Crippen LogP contribution in [0.5, 0.6) is 0 Å². The molecule has 1 aliphatic carbocycles. The van der Waals surface area contributed by atoms with Crippen LogP contribution in [0.2, 0.25) is 0 Å². The fourth-order valence-electron chi connectivity index (χ4n) is 2.95. The molecule has 1 aliphatic rings. The third-order valence-corrected chi connectivity index (χ3v) is 5.01. The van der Waals surface area contributed by atoms with Crippen molar-refractivity contribution in [1.29, 1.82) is 0 Å². The summed E-state index contributed by atoms with van der Waals surface area (Å²) in [5.41, 5.74) is 6.13. The predicted octanol–water partition coefficient (Wildman–Crippen LogP) is 4.41. The van der Waals surface area contributed by atoms with Gasteiger partial charge >= 0.3 is 0 Å². The van der Waals surface area contributed by atoms with Crippen molar-refractivity contribution in [2.75, 3.05) is 0 Å². The minimum Gasteiger partial charge on any atom is -0.271 e. The Bertz CT molecular complexity index is 640. The molecule has 1 unspecified atom stereocenters. The first-order valence-electron chi connectivity index (χ1n) is 7.20. The van der Waals surface area contributed by atoms with Gasteiger partial charge in [-0.1, -0.05) is 46.6 Å². The Morgan fingerprint density at radius 1 is 1.14 bits per heavy atom. The van der Waals surface area contributed by atoms with Gasteiger partial charge in [0.2, 0.25) is 0 Å². The third kappa shape index (κ3) is 2.89. The Morgan fingerprint density at radius 2 is 1.90 bits per heavy atom. The molecule has 0 spiro atoms. The number of nitrogens with one attached hydrogen (secondary N) is 1. The Kier molecular flexibility index (Phi) is 4.38. The van der Waals surface area contributed by atoms with Gasteiger partial charge in [-0.05, 0) is 53.6 Å². The van der Waals surface area contributed by atoms with E-state index in [0.717, 1.165) is 15.6 Å². The van der Waals surface area contributed by atoms with E-state index in [4.69, 9.17) is 5.84 Å². The van der Waals surface area contributed by atoms with Gasteiger partial charge in [0.05, 0.1) is 6.04 Å². The molecule has 3 N–H and O–H groups in total. The van der Waals surface area contributed by atoms with Crippen LogP contribution in [0.25, 0.3) is 0 Å². The molecule has 1 fully saturated rings. The van der Waals surface area contributed by atoms with Crippen LogP contribution in [0.4, 0.5) is 4.39 Å². The summed E-state index contributed by atoms with van der Waals surface area (Å²) >= 11 is 3.50. The Hall–Kier alpha value is -1.23. The second-order valence-corrected chi connectivity index (χ2v) is 6.38. The average molecular weight is 349 g/mol. The lowest BCUT2D eigenvalue weighted by Gasteiger charge is -2.30. The molecule has 0 saturated heterocycles. The lowest BCUT2D eigenvalue weighted by atomic mass is 9.76. The fraction of sp³-hybridized carbons (Fsp3) is 0.294. The van der Waals surface area contributed by atoms with Crippen LogP contribution in [0.15, 0.2) is 46.9 Å². The number of hydrogen-bond acceptors (Lipinski definition) is 2. The van der Waals surface area contributed by atoms with E-state index in [9.17, 15) is 4.39 Å². The maximum Gasteiger partial charge on any atom is 0.123 e. The first kappa shape index (κ1) is 14.7. The molecule has 2 aromatic carbocycles. The zero-order chi connectivity index (χ0) is 14.8. The molecule has 0 amide bonds. The predicted molar refractivity (Wildman–Crippen MR) is 86.3 cm³/mol. The monoisotopic (exact) mass is 348 g/mol. The van der Waals surface area contributed by atoms with Crippen molar-refractivity contribution in [3.63, 3.8) is 0 Å². The highest BCUT2D eigenvalue weighted by molar-refractivity contribution is 9.10. The first-order chi connectivity index (χ1) is 10.2. The normalized spacial score (nSPS) is 16.5. The number of hydrazine groups is 1. The van der Waals surface area contributed by atoms with Gasteiger partial charge in [0.15, 0.2) is 0 Å². The van der Waals surface area contributed by atoms with Gasteiger partial charge in [0.1, 0.15) is 5.82 Å². The SMILES string of the molecule is NNC(c1cc(F)ccc1Br)c1ccccc1C1CCC1. The molecular weight excluding hydrogens is 331 g/mol. The maximum absolute atomic E-state index is 13.6. The average Bonchev–Trinajstić information content (AvgIpc) is 2.43. The summed E-state index contributed by atoms with van der Waals surface area (Å²) in [4.78, 5) is 0. The van der Waals surface area contributed by atoms with Crippen molar-refractivity contribution in [2.24, 2.45) is 5.84 Å². The summed E-state index contributed by atoms with van der Waals surface area (Å²) in [5.74, 6) is 6.14. The van der Waals surface area contributed by atoms with Gasteiger partial charge in [-0.15, -0.1) is 0 Å². The highest BCUT2D eigenvalue weighted by atomic mass is 79.9. The van der Waals surface area contributed by atoms with Crippen molar-refractivity contribution < 1.29 is 4.39 Å². The van der Waals surface area contributed by atoms with Crippen molar-refractivity contribution in [3.05, 3.63) is 69.4 Å². The van der Waals surface area contributed by atoms with Gasteiger partial charge < -0.3 is 0 Å². The van der Waals surface area contributed by atoms with E-state index in [1.54, 1.807) is 6.07 Å². The summed E-state index contributed by atoms with van der Waals surface area (Å²) in [6.45, 7) is 0. The molecule has 2 nitrogen and oxygen atoms in total. The van der Waals surface area contributed by atoms with Gasteiger partial charge in [-0.25, -0.2) is 9.82 Å². The number of benzene rings is 2. The lowest BCUT2D eigenvalue weighted by Crippen LogP contribution is -2.30. The minimum absolute atomic E-state index is 0.216. The summed E-state index contributed by atoms with van der Waals surface area (Å²) in [7, 11) is 0. The number of hydrogen-bond donors (Lipinski definition) is 2. The Balaban J connectivity index is 2.06. The van der Waals surface area contributed by atoms with Crippen molar-refractivity contribution in [1.82, 2.24) is 5.43 Å². The van der Waals surface area contributed by atoms with Crippen molar-refractivity contribution >= 4 is 15.9 Å². The largest absolute Gasteiger partial charge is 0.271 e. The smallest absolute Gasteiger partial charge is 0.123 e. The van der Waals surface area contributed by atoms with E-state index in [1.165, 1.54) is 37.0 Å². The third-order valence-electron chi connectivity index (χ3n) is 4.29. The van der Waals surface area contributed by atoms with Crippen LogP contribution in [0, 0.1) is 5.82 Å². The van der Waals surface area contributed by atoms with Crippen LogP contribution in [-0.4, -0.2) is 0 Å². The fourth-order valence-corrected chi connectivity index (χ4v) is 3.42. The van der Waals surface area contributed by atoms with Gasteiger partial charge in [0.25, 0.3) is 0 Å². The van der Waals surface area contributed by atoms with Crippen molar-refractivity contribution in [3.8, 4) is 0 Å². The number of rotatable bonds is 4. The van der Waals surface area contributed by atoms with E-state index in [1.807, 2.05) is 6.07 Å². The molecule has 2 aromatic rings. The zero-order valence-corrected chi connectivity index (χ0v) is 13.2. The van der Waals surface area contributed by atoms with Crippen LogP contribution in [-0.2, 0) is 0 Å². The van der Waals surface area contributed by atoms with Gasteiger partial charge in [-0.2, -0.15) is 0 Å². The number of nitrogens with two attached hydrogens (primary N) is 1. The molecule has 1 saturated carbocycles. The second-order valence-electron chi connectivity index (χ2n) is 5.52. The highest BCUT2D eigenvalue weighted by Gasteiger charge is 2.26. The quantitative estimate of drug-likeness (QED) is 0.634. The van der Waals surface area contributed by atoms with E-state index in [-0.39, 0.29) is 11.9 Å². The van der Waals surface area contributed by atoms with Crippen molar-refractivity contribution in [2.45, 2.75) is 31.2 Å². The molecule has 4 heteroatoms. The Morgan fingerprint density at radius 3 is 2.57 bits per heavy atom. The van der Waals surface area contributed by atoms with E-state index in [0.29, 0.717) is 5.92 Å². The van der Waals surface area contributed by atoms with Gasteiger partial charge in [-0.3, -0.25) is 5.84 Å². The zero-order valence-electron chi connectivity index (χ0n) is 11.7. The molecule has 0 heterocycles. The molecule has 21 heavy (non-hydrogen) atoms. The van der Waals surface area contributed by atoms with E-state index >= 15 is 0 Å². The minimum atomic E-state index is -0.255. The maximum atomic E-state index is 13.6. The highest BCUT2D eigenvalue weighted by Crippen LogP contribution is 2.41. The van der Waals surface area contributed by atoms with Crippen LogP contribution in [0.3, 0.4) is 0 Å². The van der Waals surface area contributed by atoms with E-state index in [2.05, 4.69) is 39.6 Å². The summed E-state index contributed by atoms with van der Waals surface area (Å²) < 4.78 is 14.5. The van der Waals surface area contributed by atoms with Crippen LogP contribution in [0.1, 0.15) is 47.9 Å². The van der Waals surface area contributed by atoms with E-state index < -0.39 is 0 Å². The van der Waals surface area contributed by atoms with Gasteiger partial charge in [0, 0.05) is 4.47 Å². The molecule has 110 valence electrons. The molecule has 1 atom stereocenters. The summed E-state index contributed by atoms with van der Waals surface area (Å²) in [5, 5.41) is 0. The Labute approximate surface area is 132 Å². The van der Waals surface area contributed by atoms with Crippen LogP contribution >= 0.6 is 15.9 Å². The first-order valence-corrected chi connectivity index (χ1v) is 8.00. The second kappa shape index (κ2) is 6.26. The topological polar surface area (TPSA) is 38.0 Å². The molecule has 0 radical (unpaired) electrons. The molecule has 3 rings (SSSR count). The summed E-state index contributed by atoms with van der Waals surface area (Å²) in [6.07, 6.45) is 3.72. The summed E-state index contributed by atoms with van der Waals surface area (Å²) in [6, 6.07) is 12.8. The molecule has 0 aliphatic heterocycles. The molecular formula is C17H18BrFN2. The molecule has 0 bridgehead atoms. The lowest BCUT2D eigenvalue weighted by molar-refractivity contribution is 0.414. The molecule has 0 aromatic heterocycles.